The van der Waals surface area contributed by atoms with Gasteiger partial charge in [-0.25, -0.2) is 16.8 Å². The van der Waals surface area contributed by atoms with E-state index in [1.165, 1.54) is 32.7 Å². The van der Waals surface area contributed by atoms with Crippen molar-refractivity contribution in [1.29, 1.82) is 5.26 Å². The van der Waals surface area contributed by atoms with Gasteiger partial charge >= 0.3 is 0 Å². The third-order valence-corrected chi connectivity index (χ3v) is 29.9. The van der Waals surface area contributed by atoms with Gasteiger partial charge in [-0.2, -0.15) is 5.26 Å². The van der Waals surface area contributed by atoms with Crippen LogP contribution in [0.5, 0.6) is 0 Å². The molecule has 134 heavy (non-hydrogen) atoms. The first-order valence-corrected chi connectivity index (χ1v) is 48.4. The molecule has 24 aromatic rings. The molecule has 0 saturated heterocycles. The van der Waals surface area contributed by atoms with Crippen LogP contribution in [0.25, 0.3) is 215 Å². The molecule has 0 bridgehead atoms. The van der Waals surface area contributed by atoms with E-state index in [4.69, 9.17) is 13.6 Å². The molecule has 15 heteroatoms. The fourth-order valence-corrected chi connectivity index (χ4v) is 23.8. The van der Waals surface area contributed by atoms with Crippen molar-refractivity contribution in [3.05, 3.63) is 440 Å². The summed E-state index contributed by atoms with van der Waals surface area (Å²) in [7, 11) is -6.72. The lowest BCUT2D eigenvalue weighted by molar-refractivity contribution is 0.110. The fraction of sp³-hybridized carbons (Fsp3) is 0.0504. The highest BCUT2D eigenvalue weighted by atomic mass is 32.2. The van der Waals surface area contributed by atoms with Gasteiger partial charge in [-0.15, -0.1) is 0 Å². The molecule has 17 aromatic carbocycles. The zero-order valence-electron chi connectivity index (χ0n) is 72.2. The summed E-state index contributed by atoms with van der Waals surface area (Å²) >= 11 is 0. The Morgan fingerprint density at radius 2 is 0.582 bits per heavy atom. The highest BCUT2D eigenvalue weighted by Gasteiger charge is 2.30. The number of benzene rings is 17. The normalized spacial score (nSPS) is 13.5. The minimum absolute atomic E-state index is 0.00225. The van der Waals surface area contributed by atoms with E-state index in [1.54, 1.807) is 0 Å². The van der Waals surface area contributed by atoms with Crippen LogP contribution in [0.4, 0.5) is 0 Å². The van der Waals surface area contributed by atoms with Crippen LogP contribution in [-0.2, 0) is 60.6 Å². The smallest absolute Gasteiger partial charge is 0.158 e. The van der Waals surface area contributed by atoms with E-state index in [2.05, 4.69) is 303 Å². The number of rotatable bonds is 8. The van der Waals surface area contributed by atoms with Gasteiger partial charge in [0.1, 0.15) is 22.3 Å². The Morgan fingerprint density at radius 3 is 1.08 bits per heavy atom. The summed E-state index contributed by atoms with van der Waals surface area (Å²) in [6.07, 6.45) is 7.35. The Labute approximate surface area is 771 Å². The van der Waals surface area contributed by atoms with E-state index in [0.717, 1.165) is 216 Å². The molecule has 0 fully saturated rings. The molecule has 13 nitrogen and oxygen atoms in total. The predicted molar refractivity (Wildman–Crippen MR) is 542 cm³/mol. The molecule has 0 amide bonds. The average Bonchev–Trinajstić information content (AvgIpc) is 1.56. The summed E-state index contributed by atoms with van der Waals surface area (Å²) in [6.45, 7) is 1.09. The monoisotopic (exact) mass is 1770 g/mol. The number of hydrogen-bond acceptors (Lipinski definition) is 10. The van der Waals surface area contributed by atoms with Crippen LogP contribution in [0, 0.1) is 11.3 Å². The Bertz CT molecular complexity index is 9150. The van der Waals surface area contributed by atoms with Gasteiger partial charge < -0.3 is 27.3 Å². The maximum Gasteiger partial charge on any atom is 0.158 e. The number of hydrogen-bond donors (Lipinski definition) is 0. The Morgan fingerprint density at radius 1 is 0.239 bits per heavy atom. The molecule has 0 spiro atoms. The van der Waals surface area contributed by atoms with Gasteiger partial charge in [0.2, 0.25) is 0 Å². The summed E-state index contributed by atoms with van der Waals surface area (Å²) in [5.74, 6) is 0.0462. The van der Waals surface area contributed by atoms with Crippen molar-refractivity contribution in [3.8, 4) is 112 Å². The molecule has 0 atom stereocenters. The Hall–Kier alpha value is -16.6. The molecule has 0 radical (unpaired) electrons. The lowest BCUT2D eigenvalue weighted by atomic mass is 9.90. The quantitative estimate of drug-likeness (QED) is 0.143. The minimum Gasteiger partial charge on any atom is -0.456 e. The molecule has 27 rings (SSSR count). The molecular formula is C119H78N6O7S2. The van der Waals surface area contributed by atoms with Crippen molar-refractivity contribution >= 4 is 129 Å². The second kappa shape index (κ2) is 31.9. The fourth-order valence-electron chi connectivity index (χ4n) is 20.8. The predicted octanol–water partition coefficient (Wildman–Crippen LogP) is 29.0. The number of ether oxygens (including phenoxy) is 1. The van der Waals surface area contributed by atoms with Crippen molar-refractivity contribution in [3.63, 3.8) is 0 Å². The first kappa shape index (κ1) is 79.5. The highest BCUT2D eigenvalue weighted by molar-refractivity contribution is 7.90. The molecule has 0 N–H and O–H groups in total. The summed E-state index contributed by atoms with van der Waals surface area (Å²) in [6, 6.07) is 132. The molecule has 3 aliphatic heterocycles. The van der Waals surface area contributed by atoms with Crippen LogP contribution in [-0.4, -0.2) is 40.5 Å². The maximum absolute atomic E-state index is 13.4. The topological polar surface area (TPSA) is 168 Å². The number of aromatic nitrogens is 5. The van der Waals surface area contributed by atoms with Crippen LogP contribution in [0.15, 0.2) is 410 Å². The molecule has 638 valence electrons. The Balaban J connectivity index is 0.000000108. The van der Waals surface area contributed by atoms with E-state index >= 15 is 0 Å². The van der Waals surface area contributed by atoms with Gasteiger partial charge in [0.25, 0.3) is 0 Å². The number of pyridine rings is 2. The SMILES string of the molecule is N#Cc1ccc2c(c1)c1ccccc1n2-c1ccc2c(c1)-c1cc(-c3cc(-c4ccncc4)cc(-c4ccncc4)c3)ccc1COC2.O=S1(=O)Cc2cc(-n3c4ccccc4c4ccccc43)ccc2-c2cc(-c3ccc4c(c3)oc3ccccc34)ccc2C1.O=S1(=O)Cc2cc(-n3c4ccccc4c4ccccc43)ccc2-c2cc(-c3ccc4oc5ccccc5c4c3)ccc2C1. The lowest BCUT2D eigenvalue weighted by Crippen LogP contribution is -2.06. The van der Waals surface area contributed by atoms with Crippen LogP contribution < -0.4 is 0 Å². The molecule has 0 unspecified atom stereocenters. The molecule has 0 aliphatic carbocycles. The number of fused-ring (bicyclic) bond motifs is 24. The zero-order chi connectivity index (χ0) is 89.4. The van der Waals surface area contributed by atoms with Crippen LogP contribution in [0.1, 0.15) is 38.9 Å². The summed E-state index contributed by atoms with van der Waals surface area (Å²) in [5, 5.41) is 20.9. The number of para-hydroxylation sites is 7. The molecule has 7 aromatic heterocycles. The van der Waals surface area contributed by atoms with E-state index in [-0.39, 0.29) is 23.0 Å². The van der Waals surface area contributed by atoms with Crippen molar-refractivity contribution in [2.45, 2.75) is 36.2 Å². The second-order valence-electron chi connectivity index (χ2n) is 35.0. The third kappa shape index (κ3) is 13.9. The number of furan rings is 2. The third-order valence-electron chi connectivity index (χ3n) is 26.9. The van der Waals surface area contributed by atoms with Gasteiger partial charge in [-0.3, -0.25) is 9.97 Å². The maximum atomic E-state index is 13.4. The first-order valence-electron chi connectivity index (χ1n) is 44.8. The lowest BCUT2D eigenvalue weighted by Gasteiger charge is -2.16. The Kier molecular flexibility index (Phi) is 18.9. The van der Waals surface area contributed by atoms with Gasteiger partial charge in [0.15, 0.2) is 19.7 Å². The zero-order valence-corrected chi connectivity index (χ0v) is 73.8. The van der Waals surface area contributed by atoms with E-state index in [1.807, 2.05) is 128 Å². The number of nitriles is 1. The molecule has 10 heterocycles. The number of nitrogens with zero attached hydrogens (tertiary/aromatic N) is 6. The minimum atomic E-state index is -3.36. The van der Waals surface area contributed by atoms with Crippen LogP contribution in [0.3, 0.4) is 0 Å². The van der Waals surface area contributed by atoms with Gasteiger partial charge in [0, 0.05) is 95.7 Å². The molecule has 3 aliphatic rings. The molecular weight excluding hydrogens is 1690 g/mol. The van der Waals surface area contributed by atoms with E-state index in [0.29, 0.717) is 18.8 Å². The van der Waals surface area contributed by atoms with Crippen LogP contribution >= 0.6 is 0 Å². The highest BCUT2D eigenvalue weighted by Crippen LogP contribution is 2.47. The standard InChI is InChI=1S/C43H28N4O.2C38H25NO3S/c44-25-28-5-10-43-41(19-28)38-3-1-2-4-42(38)47(43)37-9-8-33-27-48-26-32-7-6-31(23-39(32)40(33)24-37)36-21-34(29-11-15-45-16-12-29)20-35(22-36)30-13-17-46-18-14-30;40-43(41)22-26-14-13-24(25-15-18-38-34(21-25)32-9-3-6-12-37(32)42-38)20-33(26)29-17-16-28(19-27(29)23-43)39-35-10-4-1-7-30(35)31-8-2-5-11-36(31)39;40-43(41)22-26-14-13-24(25-15-17-33-32-9-3-6-12-37(32)42-38(33)21-25)20-34(26)29-18-16-28(19-27(29)23-43)39-35-10-4-1-7-30(35)31-8-2-5-11-36(31)39/h1-24H,26-27H2;2*1-21H,22-23H2. The first-order chi connectivity index (χ1) is 65.8. The van der Waals surface area contributed by atoms with Gasteiger partial charge in [0.05, 0.1) is 81.0 Å². The summed E-state index contributed by atoms with van der Waals surface area (Å²) in [4.78, 5) is 8.48. The van der Waals surface area contributed by atoms with Crippen LogP contribution in [0.2, 0.25) is 0 Å². The van der Waals surface area contributed by atoms with Crippen molar-refractivity contribution in [2.75, 3.05) is 0 Å². The van der Waals surface area contributed by atoms with Crippen molar-refractivity contribution < 1.29 is 30.4 Å². The second-order valence-corrected chi connectivity index (χ2v) is 39.2. The summed E-state index contributed by atoms with van der Waals surface area (Å²) in [5.41, 5.74) is 36.5. The number of sulfone groups is 2. The van der Waals surface area contributed by atoms with Gasteiger partial charge in [-0.05, 0) is 304 Å². The van der Waals surface area contributed by atoms with E-state index in [9.17, 15) is 22.1 Å². The largest absolute Gasteiger partial charge is 0.456 e. The van der Waals surface area contributed by atoms with Crippen molar-refractivity contribution in [1.82, 2.24) is 23.7 Å². The van der Waals surface area contributed by atoms with Crippen molar-refractivity contribution in [2.24, 2.45) is 0 Å². The summed E-state index contributed by atoms with van der Waals surface area (Å²) < 4.78 is 78.8. The molecule has 0 saturated carbocycles. The van der Waals surface area contributed by atoms with E-state index < -0.39 is 19.7 Å². The van der Waals surface area contributed by atoms with Gasteiger partial charge in [-0.1, -0.05) is 194 Å². The average molecular weight is 1770 g/mol.